The summed E-state index contributed by atoms with van der Waals surface area (Å²) in [6, 6.07) is 14.4. The van der Waals surface area contributed by atoms with E-state index in [1.165, 1.54) is 62.9 Å². The predicted octanol–water partition coefficient (Wildman–Crippen LogP) is 5.79. The van der Waals surface area contributed by atoms with E-state index >= 15 is 0 Å². The van der Waals surface area contributed by atoms with E-state index in [9.17, 15) is 0 Å². The van der Waals surface area contributed by atoms with E-state index in [1.807, 2.05) is 12.1 Å². The summed E-state index contributed by atoms with van der Waals surface area (Å²) in [6.07, 6.45) is 5.14. The number of imidazole rings is 1. The zero-order valence-electron chi connectivity index (χ0n) is 22.7. The van der Waals surface area contributed by atoms with Gasteiger partial charge in [-0.05, 0) is 114 Å². The molecular formula is C30H42N4O2. The molecule has 0 atom stereocenters. The lowest BCUT2D eigenvalue weighted by molar-refractivity contribution is 0.0753. The van der Waals surface area contributed by atoms with Gasteiger partial charge in [0.1, 0.15) is 5.82 Å². The van der Waals surface area contributed by atoms with Crippen molar-refractivity contribution in [3.63, 3.8) is 0 Å². The summed E-state index contributed by atoms with van der Waals surface area (Å²) in [4.78, 5) is 10.4. The second-order valence-electron chi connectivity index (χ2n) is 10.7. The van der Waals surface area contributed by atoms with Crippen molar-refractivity contribution in [1.29, 1.82) is 0 Å². The Balaban J connectivity index is 1.32. The molecule has 6 nitrogen and oxygen atoms in total. The zero-order chi connectivity index (χ0) is 25.2. The molecule has 2 saturated heterocycles. The number of ether oxygens (including phenoxy) is 2. The fraction of sp³-hybridized carbons (Fsp3) is 0.567. The number of nitrogens with zero attached hydrogens (tertiary/aromatic N) is 4. The molecule has 0 bridgehead atoms. The lowest BCUT2D eigenvalue weighted by Gasteiger charge is -2.42. The number of hydrogen-bond acceptors (Lipinski definition) is 5. The highest BCUT2D eigenvalue weighted by molar-refractivity contribution is 5.82. The van der Waals surface area contributed by atoms with E-state index in [-0.39, 0.29) is 0 Å². The van der Waals surface area contributed by atoms with Crippen LogP contribution in [0.5, 0.6) is 11.5 Å². The van der Waals surface area contributed by atoms with Crippen molar-refractivity contribution in [3.8, 4) is 22.9 Å². The van der Waals surface area contributed by atoms with Gasteiger partial charge in [0, 0.05) is 24.2 Å². The van der Waals surface area contributed by atoms with Gasteiger partial charge in [0.2, 0.25) is 0 Å². The van der Waals surface area contributed by atoms with E-state index in [0.717, 1.165) is 41.0 Å². The standard InChI is InChI=1S/C30H42N4O2/c1-6-34-27-19-23(22-11-15-33(16-12-22)25-13-17-32(18-14-25)21(2)3)7-9-26(27)31-30(34)24-8-10-28(35-4)29(20-24)36-5/h7-10,19-22,25H,6,11-18H2,1-5H3. The summed E-state index contributed by atoms with van der Waals surface area (Å²) in [6.45, 7) is 12.7. The number of piperidine rings is 2. The Morgan fingerprint density at radius 3 is 2.25 bits per heavy atom. The predicted molar refractivity (Wildman–Crippen MR) is 147 cm³/mol. The van der Waals surface area contributed by atoms with Crippen molar-refractivity contribution < 1.29 is 9.47 Å². The molecule has 2 aromatic carbocycles. The Morgan fingerprint density at radius 2 is 1.61 bits per heavy atom. The van der Waals surface area contributed by atoms with Crippen LogP contribution in [0.4, 0.5) is 0 Å². The van der Waals surface area contributed by atoms with Crippen molar-refractivity contribution >= 4 is 11.0 Å². The lowest BCUT2D eigenvalue weighted by atomic mass is 9.87. The van der Waals surface area contributed by atoms with E-state index in [0.29, 0.717) is 12.0 Å². The lowest BCUT2D eigenvalue weighted by Crippen LogP contribution is -2.48. The number of likely N-dealkylation sites (tertiary alicyclic amines) is 2. The van der Waals surface area contributed by atoms with Crippen LogP contribution < -0.4 is 9.47 Å². The number of fused-ring (bicyclic) bond motifs is 1. The molecule has 0 aliphatic carbocycles. The summed E-state index contributed by atoms with van der Waals surface area (Å²) in [5.41, 5.74) is 4.79. The monoisotopic (exact) mass is 490 g/mol. The molecule has 36 heavy (non-hydrogen) atoms. The van der Waals surface area contributed by atoms with Gasteiger partial charge in [-0.1, -0.05) is 6.07 Å². The topological polar surface area (TPSA) is 42.8 Å². The van der Waals surface area contributed by atoms with Gasteiger partial charge in [-0.25, -0.2) is 4.98 Å². The van der Waals surface area contributed by atoms with Gasteiger partial charge in [0.05, 0.1) is 25.3 Å². The van der Waals surface area contributed by atoms with Crippen molar-refractivity contribution in [3.05, 3.63) is 42.0 Å². The Hall–Kier alpha value is -2.57. The van der Waals surface area contributed by atoms with Gasteiger partial charge < -0.3 is 23.8 Å². The summed E-state index contributed by atoms with van der Waals surface area (Å²) >= 11 is 0. The zero-order valence-corrected chi connectivity index (χ0v) is 22.7. The summed E-state index contributed by atoms with van der Waals surface area (Å²) in [7, 11) is 3.34. The van der Waals surface area contributed by atoms with Gasteiger partial charge in [-0.2, -0.15) is 0 Å². The Kier molecular flexibility index (Phi) is 7.54. The highest BCUT2D eigenvalue weighted by atomic mass is 16.5. The van der Waals surface area contributed by atoms with Crippen molar-refractivity contribution in [2.24, 2.45) is 0 Å². The van der Waals surface area contributed by atoms with E-state index in [1.54, 1.807) is 14.2 Å². The van der Waals surface area contributed by atoms with Crippen LogP contribution in [0.3, 0.4) is 0 Å². The SMILES string of the molecule is CCn1c(-c2ccc(OC)c(OC)c2)nc2ccc(C3CCN(C4CCN(C(C)C)CC4)CC3)cc21. The molecule has 0 unspecified atom stereocenters. The van der Waals surface area contributed by atoms with E-state index in [2.05, 4.69) is 59.4 Å². The molecule has 5 rings (SSSR count). The molecular weight excluding hydrogens is 448 g/mol. The van der Waals surface area contributed by atoms with Crippen molar-refractivity contribution in [2.45, 2.75) is 71.0 Å². The highest BCUT2D eigenvalue weighted by Gasteiger charge is 2.29. The van der Waals surface area contributed by atoms with Crippen LogP contribution in [-0.2, 0) is 6.54 Å². The van der Waals surface area contributed by atoms with Crippen LogP contribution in [0, 0.1) is 0 Å². The first-order valence-corrected chi connectivity index (χ1v) is 13.7. The summed E-state index contributed by atoms with van der Waals surface area (Å²) < 4.78 is 13.3. The average Bonchev–Trinajstić information content (AvgIpc) is 3.30. The number of hydrogen-bond donors (Lipinski definition) is 0. The molecule has 2 aliphatic heterocycles. The Bertz CT molecular complexity index is 1170. The largest absolute Gasteiger partial charge is 0.493 e. The minimum atomic E-state index is 0.631. The first-order valence-electron chi connectivity index (χ1n) is 13.7. The van der Waals surface area contributed by atoms with E-state index < -0.39 is 0 Å². The molecule has 194 valence electrons. The first-order chi connectivity index (χ1) is 17.5. The minimum absolute atomic E-state index is 0.631. The molecule has 1 aromatic heterocycles. The van der Waals surface area contributed by atoms with E-state index in [4.69, 9.17) is 14.5 Å². The third-order valence-corrected chi connectivity index (χ3v) is 8.48. The van der Waals surface area contributed by atoms with Gasteiger partial charge >= 0.3 is 0 Å². The fourth-order valence-corrected chi connectivity index (χ4v) is 6.27. The maximum Gasteiger partial charge on any atom is 0.161 e. The molecule has 6 heteroatoms. The molecule has 0 saturated carbocycles. The van der Waals surface area contributed by atoms with Gasteiger partial charge in [0.15, 0.2) is 11.5 Å². The molecule has 0 radical (unpaired) electrons. The molecule has 3 aromatic rings. The molecule has 0 amide bonds. The fourth-order valence-electron chi connectivity index (χ4n) is 6.27. The maximum atomic E-state index is 5.54. The Labute approximate surface area is 216 Å². The van der Waals surface area contributed by atoms with Gasteiger partial charge in [0.25, 0.3) is 0 Å². The molecule has 3 heterocycles. The Morgan fingerprint density at radius 1 is 0.889 bits per heavy atom. The third-order valence-electron chi connectivity index (χ3n) is 8.48. The number of benzene rings is 2. The van der Waals surface area contributed by atoms with Crippen molar-refractivity contribution in [1.82, 2.24) is 19.4 Å². The molecule has 2 fully saturated rings. The normalized spacial score (nSPS) is 18.8. The second kappa shape index (κ2) is 10.8. The van der Waals surface area contributed by atoms with Crippen LogP contribution in [0.2, 0.25) is 0 Å². The summed E-state index contributed by atoms with van der Waals surface area (Å²) in [5.74, 6) is 3.07. The van der Waals surface area contributed by atoms with Crippen LogP contribution in [-0.4, -0.2) is 71.8 Å². The maximum absolute atomic E-state index is 5.54. The molecule has 0 N–H and O–H groups in total. The smallest absolute Gasteiger partial charge is 0.161 e. The quantitative estimate of drug-likeness (QED) is 0.419. The second-order valence-corrected chi connectivity index (χ2v) is 10.7. The molecule has 2 aliphatic rings. The molecule has 0 spiro atoms. The van der Waals surface area contributed by atoms with Gasteiger partial charge in [-0.15, -0.1) is 0 Å². The highest BCUT2D eigenvalue weighted by Crippen LogP contribution is 2.36. The average molecular weight is 491 g/mol. The number of aryl methyl sites for hydroxylation is 1. The minimum Gasteiger partial charge on any atom is -0.493 e. The van der Waals surface area contributed by atoms with Crippen LogP contribution >= 0.6 is 0 Å². The number of rotatable bonds is 7. The van der Waals surface area contributed by atoms with Crippen LogP contribution in [0.25, 0.3) is 22.4 Å². The number of methoxy groups -OCH3 is 2. The summed E-state index contributed by atoms with van der Waals surface area (Å²) in [5, 5.41) is 0. The van der Waals surface area contributed by atoms with Crippen LogP contribution in [0.15, 0.2) is 36.4 Å². The first kappa shape index (κ1) is 25.1. The van der Waals surface area contributed by atoms with Crippen LogP contribution in [0.1, 0.15) is 57.9 Å². The van der Waals surface area contributed by atoms with Gasteiger partial charge in [-0.3, -0.25) is 0 Å². The third kappa shape index (κ3) is 4.85. The van der Waals surface area contributed by atoms with Crippen molar-refractivity contribution in [2.75, 3.05) is 40.4 Å². The number of aromatic nitrogens is 2.